The van der Waals surface area contributed by atoms with Crippen LogP contribution < -0.4 is 49.8 Å². The predicted octanol–water partition coefficient (Wildman–Crippen LogP) is 10.0. The van der Waals surface area contributed by atoms with E-state index in [0.29, 0.717) is 25.0 Å². The first kappa shape index (κ1) is 66.3. The molecule has 0 amide bonds. The van der Waals surface area contributed by atoms with Crippen molar-refractivity contribution < 1.29 is 43.2 Å². The van der Waals surface area contributed by atoms with E-state index in [1.54, 1.807) is 36.7 Å². The van der Waals surface area contributed by atoms with Gasteiger partial charge in [-0.25, -0.2) is 28.9 Å². The second kappa shape index (κ2) is 30.2. The molecule has 4 aliphatic heterocycles. The van der Waals surface area contributed by atoms with Crippen molar-refractivity contribution in [2.24, 2.45) is 58.3 Å². The Morgan fingerprint density at radius 1 is 0.747 bits per heavy atom. The minimum absolute atomic E-state index is 0. The molecule has 23 nitrogen and oxygen atoms in total. The summed E-state index contributed by atoms with van der Waals surface area (Å²) in [5.41, 5.74) is 20.5. The Hall–Kier alpha value is -3.52. The number of ether oxygens (including phenoxy) is 2. The Bertz CT molecular complexity index is 3080. The second-order valence-electron chi connectivity index (χ2n) is 19.2. The average Bonchev–Trinajstić information content (AvgIpc) is 4.35. The number of benzene rings is 2. The summed E-state index contributed by atoms with van der Waals surface area (Å²) in [7, 11) is -1.11. The first-order valence-electron chi connectivity index (χ1n) is 24.0. The van der Waals surface area contributed by atoms with Crippen molar-refractivity contribution in [2.75, 3.05) is 49.2 Å². The molecule has 2 aromatic carbocycles. The second-order valence-corrected chi connectivity index (χ2v) is 25.2. The van der Waals surface area contributed by atoms with Crippen LogP contribution in [0, 0.1) is 21.9 Å². The van der Waals surface area contributed by atoms with Crippen molar-refractivity contribution in [3.8, 4) is 0 Å². The SMILES string of the molecule is C.C[C@@H]1OCC2(CCN(c3ncc(Br)c4nccn34)CC2)[C@@H]1N[S@](=O)C(C)(C)C.C[C@@H]1OCC2(CCN(c3ncc(Sc4cccc(Cl)c4Cl)c4nccn34)CC2)[C@@H]1N.N=N/N=N/N=N/N=N/N=N.[Na+].[S-]c1cccc(Cl)c1Cl. The summed E-state index contributed by atoms with van der Waals surface area (Å²) >= 11 is 33.7. The van der Waals surface area contributed by atoms with Gasteiger partial charge in [-0.1, -0.05) is 83.8 Å². The van der Waals surface area contributed by atoms with Crippen LogP contribution in [0.3, 0.4) is 0 Å². The zero-order valence-corrected chi connectivity index (χ0v) is 52.4. The number of aromatic nitrogens is 6. The van der Waals surface area contributed by atoms with E-state index in [9.17, 15) is 4.21 Å². The van der Waals surface area contributed by atoms with E-state index in [0.717, 1.165) is 103 Å². The van der Waals surface area contributed by atoms with Gasteiger partial charge in [0.15, 0.2) is 11.3 Å². The molecule has 4 saturated heterocycles. The molecule has 4 aliphatic rings. The van der Waals surface area contributed by atoms with Crippen LogP contribution in [0.2, 0.25) is 20.1 Å². The van der Waals surface area contributed by atoms with Gasteiger partial charge in [0.05, 0.1) is 71.6 Å². The molecule has 2 spiro atoms. The summed E-state index contributed by atoms with van der Waals surface area (Å²) in [6.45, 7) is 15.2. The van der Waals surface area contributed by atoms with E-state index in [2.05, 4.69) is 101 Å². The van der Waals surface area contributed by atoms with E-state index in [1.165, 1.54) is 11.8 Å². The molecule has 5 N–H and O–H groups in total. The Kier molecular flexibility index (Phi) is 25.3. The van der Waals surface area contributed by atoms with Crippen LogP contribution in [0.15, 0.2) is 135 Å². The fourth-order valence-corrected chi connectivity index (χ4v) is 12.7. The van der Waals surface area contributed by atoms with Crippen LogP contribution >= 0.6 is 74.1 Å². The average molecular weight is 1290 g/mol. The maximum atomic E-state index is 12.7. The van der Waals surface area contributed by atoms with Gasteiger partial charge in [-0.05, 0) is 136 Å². The Balaban J connectivity index is 0.000000216. The van der Waals surface area contributed by atoms with Gasteiger partial charge in [-0.3, -0.25) is 8.80 Å². The minimum atomic E-state index is -1.11. The molecule has 0 aliphatic carbocycles. The van der Waals surface area contributed by atoms with E-state index in [4.69, 9.17) is 90.3 Å². The molecule has 420 valence electrons. The van der Waals surface area contributed by atoms with Gasteiger partial charge >= 0.3 is 29.6 Å². The number of imidazole rings is 2. The summed E-state index contributed by atoms with van der Waals surface area (Å²) < 4.78 is 32.7. The van der Waals surface area contributed by atoms with Crippen LogP contribution in [0.1, 0.15) is 67.7 Å². The monoisotopic (exact) mass is 1290 g/mol. The summed E-state index contributed by atoms with van der Waals surface area (Å²) in [6.07, 6.45) is 15.3. The Morgan fingerprint density at radius 2 is 1.24 bits per heavy atom. The molecule has 0 radical (unpaired) electrons. The number of hydrogen-bond donors (Lipinski definition) is 4. The van der Waals surface area contributed by atoms with Gasteiger partial charge in [-0.2, -0.15) is 16.0 Å². The molecular formula is C47H60BrCl4N20NaO3S3. The zero-order chi connectivity index (χ0) is 55.5. The maximum absolute atomic E-state index is 12.7. The number of nitrogens with one attached hydrogen (secondary N) is 3. The third-order valence-corrected chi connectivity index (χ3v) is 19.0. The molecule has 4 fully saturated rings. The first-order valence-corrected chi connectivity index (χ1v) is 28.6. The Morgan fingerprint density at radius 3 is 1.77 bits per heavy atom. The van der Waals surface area contributed by atoms with Crippen molar-refractivity contribution >= 4 is 121 Å². The van der Waals surface area contributed by atoms with Crippen LogP contribution in [0.25, 0.3) is 11.3 Å². The maximum Gasteiger partial charge on any atom is 1.00 e. The molecule has 6 aromatic rings. The van der Waals surface area contributed by atoms with Crippen LogP contribution in [0.4, 0.5) is 11.9 Å². The quantitative estimate of drug-likeness (QED) is 0.0431. The van der Waals surface area contributed by atoms with Gasteiger partial charge < -0.3 is 37.6 Å². The van der Waals surface area contributed by atoms with Crippen molar-refractivity contribution in [2.45, 2.75) is 111 Å². The van der Waals surface area contributed by atoms with Crippen molar-refractivity contribution in [1.29, 1.82) is 11.1 Å². The number of fused-ring (bicyclic) bond motifs is 2. The molecule has 32 heteroatoms. The molecular weight excluding hydrogens is 1230 g/mol. The number of halogens is 5. The smallest absolute Gasteiger partial charge is 0.778 e. The molecule has 79 heavy (non-hydrogen) atoms. The van der Waals surface area contributed by atoms with Gasteiger partial charge in [0.1, 0.15) is 0 Å². The summed E-state index contributed by atoms with van der Waals surface area (Å²) in [4.78, 5) is 25.5. The van der Waals surface area contributed by atoms with Gasteiger partial charge in [0, 0.05) is 90.2 Å². The third-order valence-electron chi connectivity index (χ3n) is 13.6. The van der Waals surface area contributed by atoms with Crippen LogP contribution in [-0.4, -0.2) is 101 Å². The Labute approximate surface area is 521 Å². The molecule has 4 aromatic heterocycles. The van der Waals surface area contributed by atoms with Crippen molar-refractivity contribution in [1.82, 2.24) is 33.5 Å². The summed E-state index contributed by atoms with van der Waals surface area (Å²) in [5, 5.41) is 23.9. The zero-order valence-electron chi connectivity index (χ0n) is 43.4. The van der Waals surface area contributed by atoms with Gasteiger partial charge in [0.25, 0.3) is 0 Å². The summed E-state index contributed by atoms with van der Waals surface area (Å²) in [5.74, 6) is 1.82. The minimum Gasteiger partial charge on any atom is -0.778 e. The van der Waals surface area contributed by atoms with E-state index >= 15 is 0 Å². The standard InChI is InChI=1S/C21H23Cl2N5OS.C19H28BrN5O2S.C6H4Cl2S.CH4.H2N10.Na/c1-13-18(24)21(12-29-13)5-8-27(9-6-21)20-26-11-16(19-25-7-10-28(19)20)30-15-4-2-3-14(22)17(15)23;1-13-15(23-28(26)18(2,3)4)19(12-27-13)5-8-24(9-6-19)17-22-11-14(20)16-21-7-10-25(16)17;7-4-2-1-3-5(9)6(4)8;;1-3-5-7-9-10-8-6-4-2;/h2-4,7,10-11,13,18H,5-6,8-9,12,24H2,1H3;7,10-11,13,15,23H,5-6,8-9,12H2,1-4H3;1-3,9H;1H4;1-2H;/q;;;;;+1/p-1/b;;;;3-1?,4-2?,7-5+,8-6+,10-9+;/t13-,18+;13-,15+,28+;;;;/m00..../s1. The fourth-order valence-electron chi connectivity index (χ4n) is 9.30. The molecule has 0 unspecified atom stereocenters. The van der Waals surface area contributed by atoms with Crippen LogP contribution in [-0.2, 0) is 33.1 Å². The molecule has 5 atom stereocenters. The first-order chi connectivity index (χ1) is 36.8. The predicted molar refractivity (Wildman–Crippen MR) is 309 cm³/mol. The van der Waals surface area contributed by atoms with Crippen molar-refractivity contribution in [3.63, 3.8) is 0 Å². The van der Waals surface area contributed by atoms with Crippen LogP contribution in [0.5, 0.6) is 0 Å². The summed E-state index contributed by atoms with van der Waals surface area (Å²) in [6, 6.07) is 11.0. The van der Waals surface area contributed by atoms with E-state index < -0.39 is 11.0 Å². The molecule has 10 rings (SSSR count). The van der Waals surface area contributed by atoms with Crippen molar-refractivity contribution in [3.05, 3.63) is 98.1 Å². The number of anilines is 2. The fraction of sp³-hybridized carbons (Fsp3) is 0.489. The van der Waals surface area contributed by atoms with E-state index in [1.807, 2.05) is 66.5 Å². The number of hydrogen-bond acceptors (Lipinski definition) is 14. The normalized spacial score (nSPS) is 20.8. The molecule has 0 bridgehead atoms. The third kappa shape index (κ3) is 16.2. The van der Waals surface area contributed by atoms with Gasteiger partial charge in [-0.15, -0.1) is 0 Å². The largest absolute Gasteiger partial charge is 1.00 e. The number of nitrogens with zero attached hydrogens (tertiary/aromatic N) is 16. The topological polar surface area (TPSA) is 287 Å². The number of nitrogens with two attached hydrogens (primary N) is 1. The molecule has 8 heterocycles. The number of piperidine rings is 2. The molecule has 0 saturated carbocycles. The van der Waals surface area contributed by atoms with Gasteiger partial charge in [0.2, 0.25) is 11.9 Å². The van der Waals surface area contributed by atoms with E-state index in [-0.39, 0.29) is 76.9 Å². The number of rotatable bonds is 10.